The van der Waals surface area contributed by atoms with Gasteiger partial charge in [0.2, 0.25) is 0 Å². The Bertz CT molecular complexity index is 248. The van der Waals surface area contributed by atoms with Crippen LogP contribution in [0.15, 0.2) is 11.7 Å². The van der Waals surface area contributed by atoms with Gasteiger partial charge in [-0.15, -0.1) is 11.3 Å². The highest BCUT2D eigenvalue weighted by Crippen LogP contribution is 2.17. The number of aromatic nitrogens is 1. The zero-order valence-electron chi connectivity index (χ0n) is 9.14. The maximum atomic E-state index is 8.90. The van der Waals surface area contributed by atoms with E-state index in [4.69, 9.17) is 9.84 Å². The molecule has 0 spiro atoms. The molecule has 1 aromatic heterocycles. The van der Waals surface area contributed by atoms with Crippen molar-refractivity contribution in [2.24, 2.45) is 0 Å². The van der Waals surface area contributed by atoms with Crippen LogP contribution in [0.3, 0.4) is 0 Å². The molecule has 0 saturated heterocycles. The van der Waals surface area contributed by atoms with Crippen LogP contribution in [0.4, 0.5) is 0 Å². The molecule has 0 amide bonds. The number of nitrogens with zero attached hydrogens (tertiary/aromatic N) is 1. The number of hydrogen-bond donors (Lipinski definition) is 2. The molecule has 2 unspecified atom stereocenters. The Kier molecular flexibility index (Phi) is 5.78. The lowest BCUT2D eigenvalue weighted by Gasteiger charge is -2.21. The lowest BCUT2D eigenvalue weighted by atomic mass is 10.2. The molecule has 0 bridgehead atoms. The zero-order chi connectivity index (χ0) is 11.1. The van der Waals surface area contributed by atoms with Gasteiger partial charge >= 0.3 is 0 Å². The average Bonchev–Trinajstić information content (AvgIpc) is 2.71. The van der Waals surface area contributed by atoms with Crippen LogP contribution in [0.1, 0.15) is 24.3 Å². The summed E-state index contributed by atoms with van der Waals surface area (Å²) in [6, 6.07) is 0.446. The molecule has 0 aliphatic rings. The lowest BCUT2D eigenvalue weighted by molar-refractivity contribution is 0.144. The van der Waals surface area contributed by atoms with Crippen molar-refractivity contribution < 1.29 is 9.84 Å². The number of aliphatic hydroxyl groups excluding tert-OH is 1. The number of methoxy groups -OCH3 is 1. The van der Waals surface area contributed by atoms with Gasteiger partial charge in [-0.2, -0.15) is 0 Å². The van der Waals surface area contributed by atoms with Gasteiger partial charge in [0.15, 0.2) is 0 Å². The van der Waals surface area contributed by atoms with Crippen molar-refractivity contribution >= 4 is 11.3 Å². The van der Waals surface area contributed by atoms with E-state index < -0.39 is 0 Å². The Hall–Kier alpha value is -0.490. The summed E-state index contributed by atoms with van der Waals surface area (Å²) < 4.78 is 5.09. The first-order chi connectivity index (χ1) is 7.27. The molecule has 0 aliphatic carbocycles. The first-order valence-corrected chi connectivity index (χ1v) is 5.90. The molecule has 2 atom stereocenters. The van der Waals surface area contributed by atoms with Crippen molar-refractivity contribution in [3.8, 4) is 0 Å². The van der Waals surface area contributed by atoms with Crippen LogP contribution in [0, 0.1) is 0 Å². The fourth-order valence-corrected chi connectivity index (χ4v) is 2.08. The highest BCUT2D eigenvalue weighted by atomic mass is 32.1. The summed E-state index contributed by atoms with van der Waals surface area (Å²) in [5.74, 6) is 0. The van der Waals surface area contributed by atoms with Gasteiger partial charge in [0.05, 0.1) is 12.1 Å². The molecule has 5 heteroatoms. The van der Waals surface area contributed by atoms with Gasteiger partial charge < -0.3 is 15.2 Å². The van der Waals surface area contributed by atoms with Crippen LogP contribution >= 0.6 is 11.3 Å². The summed E-state index contributed by atoms with van der Waals surface area (Å²) in [6.45, 7) is 2.88. The normalized spacial score (nSPS) is 15.1. The number of nitrogens with one attached hydrogen (secondary N) is 1. The molecule has 4 nitrogen and oxygen atoms in total. The van der Waals surface area contributed by atoms with Crippen LogP contribution in [-0.4, -0.2) is 36.5 Å². The predicted molar refractivity (Wildman–Crippen MR) is 61.0 cm³/mol. The number of aliphatic hydroxyl groups is 1. The van der Waals surface area contributed by atoms with E-state index in [2.05, 4.69) is 17.2 Å². The number of ether oxygens (including phenoxy) is 1. The zero-order valence-corrected chi connectivity index (χ0v) is 9.96. The van der Waals surface area contributed by atoms with Gasteiger partial charge in [-0.1, -0.05) is 0 Å². The molecule has 0 saturated carbocycles. The lowest BCUT2D eigenvalue weighted by Crippen LogP contribution is -2.35. The van der Waals surface area contributed by atoms with E-state index in [-0.39, 0.29) is 18.7 Å². The second kappa shape index (κ2) is 6.90. The van der Waals surface area contributed by atoms with Crippen LogP contribution < -0.4 is 5.32 Å². The summed E-state index contributed by atoms with van der Waals surface area (Å²) in [6.07, 6.45) is 2.57. The molecule has 2 N–H and O–H groups in total. The van der Waals surface area contributed by atoms with E-state index in [1.165, 1.54) is 4.88 Å². The van der Waals surface area contributed by atoms with Gasteiger partial charge in [-0.05, 0) is 13.3 Å². The van der Waals surface area contributed by atoms with Gasteiger partial charge in [0.1, 0.15) is 0 Å². The Balaban J connectivity index is 2.43. The fourth-order valence-electron chi connectivity index (χ4n) is 1.45. The third-order valence-corrected chi connectivity index (χ3v) is 3.17. The topological polar surface area (TPSA) is 54.4 Å². The fraction of sp³-hybridized carbons (Fsp3) is 0.700. The van der Waals surface area contributed by atoms with E-state index in [0.717, 1.165) is 0 Å². The van der Waals surface area contributed by atoms with Gasteiger partial charge in [-0.25, -0.2) is 0 Å². The highest BCUT2D eigenvalue weighted by molar-refractivity contribution is 7.09. The second-order valence-corrected chi connectivity index (χ2v) is 4.37. The number of rotatable bonds is 7. The average molecular weight is 230 g/mol. The van der Waals surface area contributed by atoms with Crippen molar-refractivity contribution in [2.45, 2.75) is 25.4 Å². The maximum absolute atomic E-state index is 8.90. The van der Waals surface area contributed by atoms with E-state index >= 15 is 0 Å². The van der Waals surface area contributed by atoms with Crippen molar-refractivity contribution in [1.29, 1.82) is 0 Å². The van der Waals surface area contributed by atoms with E-state index in [1.54, 1.807) is 18.4 Å². The molecule has 1 rings (SSSR count). The Morgan fingerprint density at radius 1 is 1.67 bits per heavy atom. The molecule has 0 aromatic carbocycles. The van der Waals surface area contributed by atoms with Gasteiger partial charge in [0.25, 0.3) is 0 Å². The highest BCUT2D eigenvalue weighted by Gasteiger charge is 2.13. The molecule has 0 fully saturated rings. The van der Waals surface area contributed by atoms with E-state index in [9.17, 15) is 0 Å². The molecule has 1 heterocycles. The molecular formula is C10H18N2O2S. The monoisotopic (exact) mass is 230 g/mol. The third-order valence-electron chi connectivity index (χ3n) is 2.21. The smallest absolute Gasteiger partial charge is 0.0794 e. The van der Waals surface area contributed by atoms with Crippen LogP contribution in [0.5, 0.6) is 0 Å². The standard InChI is InChI=1S/C10H18N2O2S/c1-8(10-5-11-7-15-10)12-9(3-4-13)6-14-2/h5,7-9,12-13H,3-4,6H2,1-2H3. The summed E-state index contributed by atoms with van der Waals surface area (Å²) in [7, 11) is 1.67. The van der Waals surface area contributed by atoms with Crippen molar-refractivity contribution in [3.63, 3.8) is 0 Å². The maximum Gasteiger partial charge on any atom is 0.0794 e. The van der Waals surface area contributed by atoms with Gasteiger partial charge in [0, 0.05) is 36.9 Å². The van der Waals surface area contributed by atoms with Crippen LogP contribution in [0.25, 0.3) is 0 Å². The SMILES string of the molecule is COCC(CCO)NC(C)c1cncs1. The molecule has 0 radical (unpaired) electrons. The summed E-state index contributed by atoms with van der Waals surface area (Å²) >= 11 is 1.63. The van der Waals surface area contributed by atoms with Crippen LogP contribution in [-0.2, 0) is 4.74 Å². The Morgan fingerprint density at radius 2 is 2.47 bits per heavy atom. The molecule has 1 aromatic rings. The van der Waals surface area contributed by atoms with Gasteiger partial charge in [-0.3, -0.25) is 4.98 Å². The second-order valence-electron chi connectivity index (χ2n) is 3.46. The van der Waals surface area contributed by atoms with Crippen molar-refractivity contribution in [2.75, 3.05) is 20.3 Å². The molecule has 15 heavy (non-hydrogen) atoms. The van der Waals surface area contributed by atoms with Crippen molar-refractivity contribution in [1.82, 2.24) is 10.3 Å². The quantitative estimate of drug-likeness (QED) is 0.739. The summed E-state index contributed by atoms with van der Waals surface area (Å²) in [5.41, 5.74) is 1.82. The number of hydrogen-bond acceptors (Lipinski definition) is 5. The Labute approximate surface area is 94.3 Å². The van der Waals surface area contributed by atoms with Crippen LogP contribution in [0.2, 0.25) is 0 Å². The third kappa shape index (κ3) is 4.25. The largest absolute Gasteiger partial charge is 0.396 e. The molecule has 0 aliphatic heterocycles. The minimum absolute atomic E-state index is 0.177. The van der Waals surface area contributed by atoms with E-state index in [0.29, 0.717) is 13.0 Å². The minimum atomic E-state index is 0.177. The summed E-state index contributed by atoms with van der Waals surface area (Å²) in [4.78, 5) is 5.24. The Morgan fingerprint density at radius 3 is 3.00 bits per heavy atom. The first kappa shape index (κ1) is 12.6. The first-order valence-electron chi connectivity index (χ1n) is 5.02. The minimum Gasteiger partial charge on any atom is -0.396 e. The molecular weight excluding hydrogens is 212 g/mol. The number of thiazole rings is 1. The van der Waals surface area contributed by atoms with E-state index in [1.807, 2.05) is 11.7 Å². The summed E-state index contributed by atoms with van der Waals surface area (Å²) in [5, 5.41) is 12.3. The molecule has 86 valence electrons. The predicted octanol–water partition coefficient (Wildman–Crippen LogP) is 1.19. The van der Waals surface area contributed by atoms with Crippen molar-refractivity contribution in [3.05, 3.63) is 16.6 Å².